The van der Waals surface area contributed by atoms with Crippen LogP contribution in [-0.2, 0) is 17.9 Å². The van der Waals surface area contributed by atoms with Crippen LogP contribution >= 0.6 is 11.3 Å². The average molecular weight is 366 g/mol. The van der Waals surface area contributed by atoms with E-state index in [1.807, 2.05) is 41.9 Å². The molecular weight excluding hydrogens is 348 g/mol. The Kier molecular flexibility index (Phi) is 4.30. The van der Waals surface area contributed by atoms with Gasteiger partial charge in [-0.3, -0.25) is 9.59 Å². The maximum absolute atomic E-state index is 12.5. The summed E-state index contributed by atoms with van der Waals surface area (Å²) in [7, 11) is 1.73. The van der Waals surface area contributed by atoms with Crippen molar-refractivity contribution >= 4 is 38.4 Å². The molecule has 0 unspecified atom stereocenters. The predicted molar refractivity (Wildman–Crippen MR) is 103 cm³/mol. The Balaban J connectivity index is 1.43. The number of amides is 1. The number of carbonyl (C=O) groups is 1. The lowest BCUT2D eigenvalue weighted by Crippen LogP contribution is -2.28. The van der Waals surface area contributed by atoms with E-state index >= 15 is 0 Å². The summed E-state index contributed by atoms with van der Waals surface area (Å²) in [4.78, 5) is 33.3. The van der Waals surface area contributed by atoms with Gasteiger partial charge in [0.15, 0.2) is 0 Å². The number of benzene rings is 1. The van der Waals surface area contributed by atoms with Crippen molar-refractivity contribution in [3.8, 4) is 0 Å². The number of H-pyrrole nitrogens is 1. The number of hydrogen-bond acceptors (Lipinski definition) is 4. The topological polar surface area (TPSA) is 71.0 Å². The predicted octanol–water partition coefficient (Wildman–Crippen LogP) is 2.99. The third-order valence-corrected chi connectivity index (χ3v) is 5.33. The minimum absolute atomic E-state index is 0.0100. The molecule has 132 valence electrons. The first-order chi connectivity index (χ1) is 12.6. The van der Waals surface area contributed by atoms with Crippen LogP contribution in [0, 0.1) is 0 Å². The number of para-hydroxylation sites is 1. The van der Waals surface area contributed by atoms with Crippen molar-refractivity contribution in [2.75, 3.05) is 7.05 Å². The Hall–Kier alpha value is -2.93. The molecule has 0 saturated carbocycles. The number of aryl methyl sites for hydroxylation is 1. The van der Waals surface area contributed by atoms with Crippen LogP contribution in [0.5, 0.6) is 0 Å². The first-order valence-corrected chi connectivity index (χ1v) is 9.24. The lowest BCUT2D eigenvalue weighted by Gasteiger charge is -2.17. The largest absolute Gasteiger partial charge is 0.347 e. The van der Waals surface area contributed by atoms with E-state index < -0.39 is 0 Å². The summed E-state index contributed by atoms with van der Waals surface area (Å²) in [6.07, 6.45) is 2.39. The molecule has 0 spiro atoms. The van der Waals surface area contributed by atoms with Crippen molar-refractivity contribution in [3.63, 3.8) is 0 Å². The molecule has 0 aliphatic rings. The van der Waals surface area contributed by atoms with Gasteiger partial charge >= 0.3 is 0 Å². The fourth-order valence-corrected chi connectivity index (χ4v) is 3.78. The summed E-state index contributed by atoms with van der Waals surface area (Å²) in [6, 6.07) is 12.0. The first-order valence-electron chi connectivity index (χ1n) is 8.36. The molecule has 4 rings (SSSR count). The van der Waals surface area contributed by atoms with E-state index in [1.54, 1.807) is 11.9 Å². The molecule has 0 saturated heterocycles. The van der Waals surface area contributed by atoms with Crippen molar-refractivity contribution in [2.24, 2.45) is 0 Å². The maximum Gasteiger partial charge on any atom is 0.268 e. The minimum atomic E-state index is -0.153. The van der Waals surface area contributed by atoms with Crippen molar-refractivity contribution in [1.29, 1.82) is 0 Å². The summed E-state index contributed by atoms with van der Waals surface area (Å²) in [5.41, 5.74) is 1.64. The number of hydrogen-bond donors (Lipinski definition) is 1. The summed E-state index contributed by atoms with van der Waals surface area (Å²) in [5.74, 6) is 0.513. The van der Waals surface area contributed by atoms with Crippen LogP contribution in [0.4, 0.5) is 0 Å². The van der Waals surface area contributed by atoms with Crippen LogP contribution in [0.3, 0.4) is 0 Å². The zero-order valence-electron chi connectivity index (χ0n) is 14.3. The molecule has 0 atom stereocenters. The normalized spacial score (nSPS) is 11.3. The minimum Gasteiger partial charge on any atom is -0.347 e. The zero-order valence-corrected chi connectivity index (χ0v) is 15.1. The van der Waals surface area contributed by atoms with Gasteiger partial charge in [-0.05, 0) is 29.0 Å². The molecule has 0 fully saturated rings. The van der Waals surface area contributed by atoms with Gasteiger partial charge in [0.25, 0.3) is 5.56 Å². The second-order valence-corrected chi connectivity index (χ2v) is 7.13. The quantitative estimate of drug-likeness (QED) is 0.590. The first kappa shape index (κ1) is 16.5. The van der Waals surface area contributed by atoms with Crippen LogP contribution in [0.2, 0.25) is 0 Å². The highest BCUT2D eigenvalue weighted by molar-refractivity contribution is 7.17. The van der Waals surface area contributed by atoms with Crippen LogP contribution in [-0.4, -0.2) is 32.4 Å². The molecule has 0 bridgehead atoms. The van der Waals surface area contributed by atoms with Crippen LogP contribution in [0.1, 0.15) is 12.2 Å². The standard InChI is InChI=1S/C19H18N4O2S/c1-22(12-16-20-14-8-11-26-18(14)19(25)21-16)17(24)7-10-23-9-6-13-4-2-3-5-15(13)23/h2-6,8-9,11H,7,10,12H2,1H3,(H,20,21,25). The molecule has 26 heavy (non-hydrogen) atoms. The molecule has 1 aromatic carbocycles. The molecule has 1 amide bonds. The number of nitrogens with one attached hydrogen (secondary N) is 1. The van der Waals surface area contributed by atoms with E-state index in [4.69, 9.17) is 0 Å². The Bertz CT molecular complexity index is 1140. The van der Waals surface area contributed by atoms with Crippen LogP contribution in [0.15, 0.2) is 52.8 Å². The molecular formula is C19H18N4O2S. The molecule has 0 radical (unpaired) electrons. The molecule has 6 nitrogen and oxygen atoms in total. The van der Waals surface area contributed by atoms with E-state index in [0.29, 0.717) is 29.0 Å². The van der Waals surface area contributed by atoms with Gasteiger partial charge in [0.05, 0.1) is 12.1 Å². The van der Waals surface area contributed by atoms with Gasteiger partial charge in [0.1, 0.15) is 10.5 Å². The Labute approximate surface area is 153 Å². The van der Waals surface area contributed by atoms with Crippen LogP contribution in [0.25, 0.3) is 21.1 Å². The number of aromatic amines is 1. The van der Waals surface area contributed by atoms with Gasteiger partial charge in [-0.25, -0.2) is 4.98 Å². The van der Waals surface area contributed by atoms with Crippen molar-refractivity contribution < 1.29 is 4.79 Å². The Morgan fingerprint density at radius 1 is 1.27 bits per heavy atom. The fourth-order valence-electron chi connectivity index (χ4n) is 3.05. The fraction of sp³-hybridized carbons (Fsp3) is 0.211. The summed E-state index contributed by atoms with van der Waals surface area (Å²) in [6.45, 7) is 0.899. The third kappa shape index (κ3) is 3.13. The second-order valence-electron chi connectivity index (χ2n) is 6.22. The number of carbonyl (C=O) groups excluding carboxylic acids is 1. The highest BCUT2D eigenvalue weighted by Crippen LogP contribution is 2.16. The van der Waals surface area contributed by atoms with Gasteiger partial charge in [0, 0.05) is 31.7 Å². The summed E-state index contributed by atoms with van der Waals surface area (Å²) < 4.78 is 2.70. The van der Waals surface area contributed by atoms with Gasteiger partial charge in [-0.2, -0.15) is 0 Å². The monoisotopic (exact) mass is 366 g/mol. The van der Waals surface area contributed by atoms with Crippen molar-refractivity contribution in [2.45, 2.75) is 19.5 Å². The van der Waals surface area contributed by atoms with Gasteiger partial charge in [-0.1, -0.05) is 18.2 Å². The Morgan fingerprint density at radius 2 is 2.12 bits per heavy atom. The lowest BCUT2D eigenvalue weighted by molar-refractivity contribution is -0.130. The molecule has 4 aromatic rings. The molecule has 3 heterocycles. The average Bonchev–Trinajstić information content (AvgIpc) is 3.26. The summed E-state index contributed by atoms with van der Waals surface area (Å²) in [5, 5.41) is 3.01. The van der Waals surface area contributed by atoms with E-state index in [0.717, 1.165) is 5.52 Å². The lowest BCUT2D eigenvalue weighted by atomic mass is 10.2. The number of fused-ring (bicyclic) bond motifs is 2. The number of aromatic nitrogens is 3. The van der Waals surface area contributed by atoms with E-state index in [2.05, 4.69) is 20.6 Å². The van der Waals surface area contributed by atoms with Crippen molar-refractivity contribution in [3.05, 3.63) is 64.2 Å². The van der Waals surface area contributed by atoms with Crippen molar-refractivity contribution in [1.82, 2.24) is 19.4 Å². The molecule has 0 aliphatic carbocycles. The third-order valence-electron chi connectivity index (χ3n) is 4.42. The molecule has 7 heteroatoms. The second kappa shape index (κ2) is 6.76. The summed E-state index contributed by atoms with van der Waals surface area (Å²) >= 11 is 1.37. The van der Waals surface area contributed by atoms with E-state index in [1.165, 1.54) is 16.7 Å². The number of thiophene rings is 1. The van der Waals surface area contributed by atoms with Crippen LogP contribution < -0.4 is 5.56 Å². The highest BCUT2D eigenvalue weighted by Gasteiger charge is 2.13. The molecule has 3 aromatic heterocycles. The zero-order chi connectivity index (χ0) is 18.1. The SMILES string of the molecule is CN(Cc1nc2ccsc2c(=O)[nH]1)C(=O)CCn1ccc2ccccc21. The molecule has 1 N–H and O–H groups in total. The number of rotatable bonds is 5. The van der Waals surface area contributed by atoms with Gasteiger partial charge in [-0.15, -0.1) is 11.3 Å². The number of nitrogens with zero attached hydrogens (tertiary/aromatic N) is 3. The van der Waals surface area contributed by atoms with Gasteiger partial charge in [0.2, 0.25) is 5.91 Å². The van der Waals surface area contributed by atoms with E-state index in [-0.39, 0.29) is 18.0 Å². The molecule has 0 aliphatic heterocycles. The smallest absolute Gasteiger partial charge is 0.268 e. The maximum atomic E-state index is 12.5. The van der Waals surface area contributed by atoms with Gasteiger partial charge < -0.3 is 14.5 Å². The highest BCUT2D eigenvalue weighted by atomic mass is 32.1. The van der Waals surface area contributed by atoms with E-state index in [9.17, 15) is 9.59 Å². The Morgan fingerprint density at radius 3 is 3.00 bits per heavy atom.